The smallest absolute Gasteiger partial charge is 0.237 e. The van der Waals surface area contributed by atoms with Gasteiger partial charge in [0.2, 0.25) is 5.43 Å². The summed E-state index contributed by atoms with van der Waals surface area (Å²) in [5.74, 6) is 0.413. The zero-order valence-electron chi connectivity index (χ0n) is 12.7. The highest BCUT2D eigenvalue weighted by molar-refractivity contribution is 9.10. The van der Waals surface area contributed by atoms with Crippen LogP contribution in [0.3, 0.4) is 0 Å². The maximum Gasteiger partial charge on any atom is 0.237 e. The second-order valence-corrected chi connectivity index (χ2v) is 5.16. The summed E-state index contributed by atoms with van der Waals surface area (Å²) >= 11 is 3.25. The monoisotopic (exact) mass is 346 g/mol. The molecular formula is C14H23BrN2O3. The number of pyridine rings is 1. The number of ether oxygens (including phenoxy) is 2. The Kier molecular flexibility index (Phi) is 6.71. The molecule has 20 heavy (non-hydrogen) atoms. The van der Waals surface area contributed by atoms with Crippen molar-refractivity contribution in [3.05, 3.63) is 26.6 Å². The molecule has 0 amide bonds. The van der Waals surface area contributed by atoms with Gasteiger partial charge in [-0.05, 0) is 36.4 Å². The van der Waals surface area contributed by atoms with Gasteiger partial charge >= 0.3 is 0 Å². The van der Waals surface area contributed by atoms with Crippen molar-refractivity contribution >= 4 is 15.9 Å². The van der Waals surface area contributed by atoms with Crippen molar-refractivity contribution in [2.75, 3.05) is 21.2 Å². The van der Waals surface area contributed by atoms with Crippen LogP contribution in [0.15, 0.2) is 15.5 Å². The molecule has 3 rings (SSSR count). The molecule has 2 aliphatic rings. The molecule has 0 saturated carbocycles. The van der Waals surface area contributed by atoms with E-state index in [1.807, 2.05) is 38.7 Å². The van der Waals surface area contributed by atoms with Gasteiger partial charge in [-0.2, -0.15) is 0 Å². The van der Waals surface area contributed by atoms with E-state index in [1.165, 1.54) is 7.11 Å². The second kappa shape index (κ2) is 7.81. The van der Waals surface area contributed by atoms with Gasteiger partial charge in [-0.3, -0.25) is 4.79 Å². The molecular weight excluding hydrogens is 324 g/mol. The van der Waals surface area contributed by atoms with Crippen LogP contribution >= 0.6 is 15.9 Å². The summed E-state index contributed by atoms with van der Waals surface area (Å²) in [4.78, 5) is 11.8. The number of nitrogens with one attached hydrogen (secondary N) is 1. The van der Waals surface area contributed by atoms with Crippen molar-refractivity contribution in [3.63, 3.8) is 0 Å². The van der Waals surface area contributed by atoms with E-state index in [0.717, 1.165) is 18.7 Å². The van der Waals surface area contributed by atoms with E-state index in [4.69, 9.17) is 9.47 Å². The van der Waals surface area contributed by atoms with Crippen LogP contribution < -0.4 is 15.5 Å². The number of halogens is 1. The number of epoxide rings is 1. The van der Waals surface area contributed by atoms with E-state index < -0.39 is 0 Å². The first kappa shape index (κ1) is 17.2. The molecule has 2 unspecified atom stereocenters. The average molecular weight is 347 g/mol. The summed E-state index contributed by atoms with van der Waals surface area (Å²) in [7, 11) is 5.27. The van der Waals surface area contributed by atoms with E-state index in [9.17, 15) is 4.79 Å². The summed E-state index contributed by atoms with van der Waals surface area (Å²) < 4.78 is 13.2. The topological polar surface area (TPSA) is 55.8 Å². The molecule has 1 aromatic heterocycles. The highest BCUT2D eigenvalue weighted by Crippen LogP contribution is 2.47. The third kappa shape index (κ3) is 3.42. The van der Waals surface area contributed by atoms with E-state index in [1.54, 1.807) is 0 Å². The van der Waals surface area contributed by atoms with Gasteiger partial charge in [0.1, 0.15) is 6.10 Å². The van der Waals surface area contributed by atoms with Gasteiger partial charge in [-0.25, -0.2) is 0 Å². The lowest BCUT2D eigenvalue weighted by Crippen LogP contribution is -2.21. The van der Waals surface area contributed by atoms with E-state index in [-0.39, 0.29) is 11.5 Å². The molecule has 3 heterocycles. The fourth-order valence-electron chi connectivity index (χ4n) is 2.16. The Morgan fingerprint density at radius 3 is 2.60 bits per heavy atom. The summed E-state index contributed by atoms with van der Waals surface area (Å²) in [6, 6.07) is 0. The number of hydrogen-bond donors (Lipinski definition) is 1. The number of hydrogen-bond acceptors (Lipinski definition) is 4. The van der Waals surface area contributed by atoms with Crippen LogP contribution in [0.2, 0.25) is 0 Å². The van der Waals surface area contributed by atoms with Gasteiger partial charge in [-0.15, -0.1) is 0 Å². The fourth-order valence-corrected chi connectivity index (χ4v) is 2.59. The zero-order chi connectivity index (χ0) is 15.3. The quantitative estimate of drug-likeness (QED) is 0.793. The molecule has 0 radical (unpaired) electrons. The maximum atomic E-state index is 11.8. The lowest BCUT2D eigenvalue weighted by atomic mass is 10.1. The predicted octanol–water partition coefficient (Wildman–Crippen LogP) is 2.32. The average Bonchev–Trinajstić information content (AvgIpc) is 3.23. The second-order valence-electron chi connectivity index (χ2n) is 4.30. The molecule has 6 heteroatoms. The molecule has 1 fully saturated rings. The lowest BCUT2D eigenvalue weighted by Gasteiger charge is -2.18. The van der Waals surface area contributed by atoms with Crippen molar-refractivity contribution in [1.82, 2.24) is 9.88 Å². The number of rotatable bonds is 1. The Hall–Kier alpha value is -0.850. The van der Waals surface area contributed by atoms with Crippen LogP contribution in [-0.2, 0) is 11.3 Å². The lowest BCUT2D eigenvalue weighted by molar-refractivity contribution is 0.361. The molecule has 2 aliphatic heterocycles. The Morgan fingerprint density at radius 1 is 1.45 bits per heavy atom. The minimum absolute atomic E-state index is 0.0644. The van der Waals surface area contributed by atoms with Crippen LogP contribution in [0.5, 0.6) is 5.75 Å². The first-order valence-electron chi connectivity index (χ1n) is 6.84. The van der Waals surface area contributed by atoms with Crippen molar-refractivity contribution < 1.29 is 9.47 Å². The van der Waals surface area contributed by atoms with Gasteiger partial charge in [0, 0.05) is 12.7 Å². The first-order valence-corrected chi connectivity index (χ1v) is 7.64. The van der Waals surface area contributed by atoms with Crippen LogP contribution in [0, 0.1) is 0 Å². The molecule has 0 aliphatic carbocycles. The van der Waals surface area contributed by atoms with E-state index in [0.29, 0.717) is 16.3 Å². The van der Waals surface area contributed by atoms with Gasteiger partial charge in [-0.1, -0.05) is 13.8 Å². The van der Waals surface area contributed by atoms with E-state index >= 15 is 0 Å². The number of aromatic nitrogens is 1. The number of aryl methyl sites for hydroxylation is 1. The van der Waals surface area contributed by atoms with Crippen LogP contribution in [0.4, 0.5) is 0 Å². The summed E-state index contributed by atoms with van der Waals surface area (Å²) in [6.07, 6.45) is 3.18. The van der Waals surface area contributed by atoms with Gasteiger partial charge < -0.3 is 19.4 Å². The molecule has 114 valence electrons. The number of methoxy groups -OCH3 is 1. The summed E-state index contributed by atoms with van der Waals surface area (Å²) in [6.45, 7) is 4.88. The Labute approximate surface area is 128 Å². The van der Waals surface area contributed by atoms with Crippen LogP contribution in [0.1, 0.15) is 32.1 Å². The number of fused-ring (bicyclic) bond motifs is 3. The van der Waals surface area contributed by atoms with Crippen molar-refractivity contribution in [3.8, 4) is 5.75 Å². The fraction of sp³-hybridized carbons (Fsp3) is 0.643. The standard InChI is InChI=1S/C10H10BrNO3.C2H7N.C2H6/c1-14-10-7-9-6(15-9)2-3-12(7)4-5(11)8(10)13;1-3-2;1-2/h4,6,9H,2-3H2,1H3;3H,1-2H3;1-2H3. The van der Waals surface area contributed by atoms with Gasteiger partial charge in [0.15, 0.2) is 5.75 Å². The summed E-state index contributed by atoms with van der Waals surface area (Å²) in [5, 5.41) is 2.75. The molecule has 1 saturated heterocycles. The van der Waals surface area contributed by atoms with Crippen LogP contribution in [0.25, 0.3) is 0 Å². The molecule has 1 N–H and O–H groups in total. The molecule has 0 aromatic carbocycles. The molecule has 5 nitrogen and oxygen atoms in total. The minimum Gasteiger partial charge on any atom is -0.491 e. The van der Waals surface area contributed by atoms with Crippen molar-refractivity contribution in [1.29, 1.82) is 0 Å². The van der Waals surface area contributed by atoms with E-state index in [2.05, 4.69) is 21.2 Å². The largest absolute Gasteiger partial charge is 0.491 e. The van der Waals surface area contributed by atoms with Gasteiger partial charge in [0.05, 0.1) is 23.4 Å². The molecule has 2 atom stereocenters. The molecule has 1 aromatic rings. The SMILES string of the molecule is CC.CNC.COc1c2n(cc(Br)c1=O)CCC1OC21. The Balaban J connectivity index is 0.000000357. The zero-order valence-corrected chi connectivity index (χ0v) is 14.3. The summed E-state index contributed by atoms with van der Waals surface area (Å²) in [5.41, 5.74) is 0.793. The molecule has 0 spiro atoms. The first-order chi connectivity index (χ1) is 9.63. The third-order valence-electron chi connectivity index (χ3n) is 2.95. The molecule has 0 bridgehead atoms. The Bertz CT molecular complexity index is 502. The normalized spacial score (nSPS) is 21.3. The third-order valence-corrected chi connectivity index (χ3v) is 3.51. The highest BCUT2D eigenvalue weighted by atomic mass is 79.9. The van der Waals surface area contributed by atoms with Gasteiger partial charge in [0.25, 0.3) is 0 Å². The van der Waals surface area contributed by atoms with Crippen molar-refractivity contribution in [2.24, 2.45) is 0 Å². The predicted molar refractivity (Wildman–Crippen MR) is 83.5 cm³/mol. The van der Waals surface area contributed by atoms with Crippen LogP contribution in [-0.4, -0.2) is 31.9 Å². The highest BCUT2D eigenvalue weighted by Gasteiger charge is 2.46. The minimum atomic E-state index is -0.0973. The maximum absolute atomic E-state index is 11.8. The number of nitrogens with zero attached hydrogens (tertiary/aromatic N) is 1. The van der Waals surface area contributed by atoms with Crippen molar-refractivity contribution in [2.45, 2.75) is 39.0 Å². The Morgan fingerprint density at radius 2 is 2.05 bits per heavy atom.